The van der Waals surface area contributed by atoms with Crippen LogP contribution in [0.2, 0.25) is 0 Å². The molecule has 2 fully saturated rings. The van der Waals surface area contributed by atoms with Crippen LogP contribution in [0.3, 0.4) is 0 Å². The van der Waals surface area contributed by atoms with E-state index in [9.17, 15) is 9.59 Å². The van der Waals surface area contributed by atoms with Gasteiger partial charge in [0, 0.05) is 32.0 Å². The number of pyridine rings is 1. The first-order chi connectivity index (χ1) is 12.7. The molecule has 2 aliphatic rings. The van der Waals surface area contributed by atoms with E-state index in [0.29, 0.717) is 32.7 Å². The highest BCUT2D eigenvalue weighted by molar-refractivity contribution is 5.86. The molecular formula is C19H27N3O4. The second kappa shape index (κ2) is 8.98. The van der Waals surface area contributed by atoms with Gasteiger partial charge in [-0.2, -0.15) is 0 Å². The van der Waals surface area contributed by atoms with Crippen LogP contribution in [-0.2, 0) is 20.9 Å². The average molecular weight is 361 g/mol. The maximum absolute atomic E-state index is 12.9. The second-order valence-corrected chi connectivity index (χ2v) is 6.87. The molecule has 0 aliphatic carbocycles. The van der Waals surface area contributed by atoms with Crippen LogP contribution < -0.4 is 0 Å². The number of piperidine rings is 2. The number of likely N-dealkylation sites (tertiary alicyclic amines) is 2. The van der Waals surface area contributed by atoms with Crippen molar-refractivity contribution >= 4 is 12.0 Å². The van der Waals surface area contributed by atoms with E-state index in [-0.39, 0.29) is 18.1 Å². The SMILES string of the molecule is COC(=O)N1CCCC[C@H]1C(=O)N1CCC(OCc2cccnc2)CC1. The van der Waals surface area contributed by atoms with Crippen LogP contribution in [0.25, 0.3) is 0 Å². The second-order valence-electron chi connectivity index (χ2n) is 6.87. The fourth-order valence-corrected chi connectivity index (χ4v) is 3.68. The molecular weight excluding hydrogens is 334 g/mol. The van der Waals surface area contributed by atoms with E-state index in [1.54, 1.807) is 11.1 Å². The van der Waals surface area contributed by atoms with Gasteiger partial charge in [0.25, 0.3) is 0 Å². The van der Waals surface area contributed by atoms with Crippen LogP contribution in [0, 0.1) is 0 Å². The molecule has 0 spiro atoms. The van der Waals surface area contributed by atoms with Crippen LogP contribution in [-0.4, -0.2) is 65.7 Å². The summed E-state index contributed by atoms with van der Waals surface area (Å²) in [6, 6.07) is 3.51. The monoisotopic (exact) mass is 361 g/mol. The maximum Gasteiger partial charge on any atom is 0.410 e. The van der Waals surface area contributed by atoms with Gasteiger partial charge in [0.05, 0.1) is 19.8 Å². The number of amides is 2. The first-order valence-corrected chi connectivity index (χ1v) is 9.33. The summed E-state index contributed by atoms with van der Waals surface area (Å²) >= 11 is 0. The predicted molar refractivity (Wildman–Crippen MR) is 95.4 cm³/mol. The Bertz CT molecular complexity index is 602. The maximum atomic E-state index is 12.9. The van der Waals surface area contributed by atoms with Gasteiger partial charge in [0.15, 0.2) is 0 Å². The molecule has 0 bridgehead atoms. The average Bonchev–Trinajstić information content (AvgIpc) is 2.72. The molecule has 2 aliphatic heterocycles. The molecule has 0 N–H and O–H groups in total. The Kier molecular flexibility index (Phi) is 6.44. The molecule has 7 heteroatoms. The zero-order valence-corrected chi connectivity index (χ0v) is 15.3. The molecule has 1 aromatic rings. The zero-order valence-electron chi connectivity index (χ0n) is 15.3. The number of methoxy groups -OCH3 is 1. The molecule has 1 atom stereocenters. The summed E-state index contributed by atoms with van der Waals surface area (Å²) in [5.74, 6) is 0.0424. The molecule has 3 rings (SSSR count). The number of nitrogens with zero attached hydrogens (tertiary/aromatic N) is 3. The summed E-state index contributed by atoms with van der Waals surface area (Å²) in [5.41, 5.74) is 1.06. The molecule has 3 heterocycles. The third kappa shape index (κ3) is 4.52. The molecule has 142 valence electrons. The van der Waals surface area contributed by atoms with Gasteiger partial charge in [-0.15, -0.1) is 0 Å². The highest BCUT2D eigenvalue weighted by Gasteiger charge is 2.36. The van der Waals surface area contributed by atoms with E-state index >= 15 is 0 Å². The van der Waals surface area contributed by atoms with Gasteiger partial charge >= 0.3 is 6.09 Å². The van der Waals surface area contributed by atoms with Crippen molar-refractivity contribution in [2.45, 2.75) is 50.9 Å². The lowest BCUT2D eigenvalue weighted by molar-refractivity contribution is -0.140. The van der Waals surface area contributed by atoms with E-state index in [0.717, 1.165) is 31.2 Å². The molecule has 7 nitrogen and oxygen atoms in total. The van der Waals surface area contributed by atoms with Gasteiger partial charge < -0.3 is 14.4 Å². The summed E-state index contributed by atoms with van der Waals surface area (Å²) in [4.78, 5) is 32.4. The lowest BCUT2D eigenvalue weighted by Crippen LogP contribution is -2.54. The van der Waals surface area contributed by atoms with Crippen molar-refractivity contribution in [3.05, 3.63) is 30.1 Å². The Morgan fingerprint density at radius 3 is 2.69 bits per heavy atom. The Morgan fingerprint density at radius 2 is 2.00 bits per heavy atom. The molecule has 1 aromatic heterocycles. The number of carbonyl (C=O) groups is 2. The van der Waals surface area contributed by atoms with Crippen LogP contribution in [0.15, 0.2) is 24.5 Å². The molecule has 2 saturated heterocycles. The summed E-state index contributed by atoms with van der Waals surface area (Å²) < 4.78 is 10.8. The molecule has 0 saturated carbocycles. The fourth-order valence-electron chi connectivity index (χ4n) is 3.68. The fraction of sp³-hybridized carbons (Fsp3) is 0.632. The number of ether oxygens (including phenoxy) is 2. The topological polar surface area (TPSA) is 72.0 Å². The smallest absolute Gasteiger partial charge is 0.410 e. The van der Waals surface area contributed by atoms with Crippen molar-refractivity contribution in [3.8, 4) is 0 Å². The van der Waals surface area contributed by atoms with Gasteiger partial charge in [-0.05, 0) is 43.7 Å². The first-order valence-electron chi connectivity index (χ1n) is 9.33. The molecule has 2 amide bonds. The quantitative estimate of drug-likeness (QED) is 0.822. The number of rotatable bonds is 4. The number of hydrogen-bond donors (Lipinski definition) is 0. The molecule has 0 unspecified atom stereocenters. The summed E-state index contributed by atoms with van der Waals surface area (Å²) in [6.45, 7) is 2.48. The van der Waals surface area contributed by atoms with E-state index in [1.165, 1.54) is 7.11 Å². The van der Waals surface area contributed by atoms with E-state index in [2.05, 4.69) is 4.98 Å². The molecule has 26 heavy (non-hydrogen) atoms. The minimum absolute atomic E-state index is 0.0424. The van der Waals surface area contributed by atoms with E-state index < -0.39 is 6.09 Å². The molecule has 0 radical (unpaired) electrons. The Balaban J connectivity index is 1.49. The molecule has 0 aromatic carbocycles. The Labute approximate surface area is 154 Å². The van der Waals surface area contributed by atoms with Crippen molar-refractivity contribution in [3.63, 3.8) is 0 Å². The lowest BCUT2D eigenvalue weighted by atomic mass is 9.99. The van der Waals surface area contributed by atoms with Crippen molar-refractivity contribution in [1.29, 1.82) is 0 Å². The summed E-state index contributed by atoms with van der Waals surface area (Å²) in [5, 5.41) is 0. The summed E-state index contributed by atoms with van der Waals surface area (Å²) in [6.07, 6.45) is 7.54. The largest absolute Gasteiger partial charge is 0.453 e. The van der Waals surface area contributed by atoms with Gasteiger partial charge in [0.2, 0.25) is 5.91 Å². The van der Waals surface area contributed by atoms with Crippen LogP contribution in [0.5, 0.6) is 0 Å². The first kappa shape index (κ1) is 18.6. The minimum atomic E-state index is -0.405. The highest BCUT2D eigenvalue weighted by Crippen LogP contribution is 2.23. The van der Waals surface area contributed by atoms with Crippen molar-refractivity contribution in [2.75, 3.05) is 26.7 Å². The normalized spacial score (nSPS) is 21.5. The highest BCUT2D eigenvalue weighted by atomic mass is 16.5. The van der Waals surface area contributed by atoms with Gasteiger partial charge in [0.1, 0.15) is 6.04 Å². The van der Waals surface area contributed by atoms with E-state index in [1.807, 2.05) is 23.2 Å². The van der Waals surface area contributed by atoms with Crippen LogP contribution >= 0.6 is 0 Å². The van der Waals surface area contributed by atoms with Gasteiger partial charge in [-0.1, -0.05) is 6.07 Å². The lowest BCUT2D eigenvalue weighted by Gasteiger charge is -2.39. The Hall–Kier alpha value is -2.15. The standard InChI is InChI=1S/C19H27N3O4/c1-25-19(24)22-10-3-2-6-17(22)18(23)21-11-7-16(8-12-21)26-14-15-5-4-9-20-13-15/h4-5,9,13,16-17H,2-3,6-8,10-12,14H2,1H3/t17-/m0/s1. The van der Waals surface area contributed by atoms with Gasteiger partial charge in [-0.25, -0.2) is 4.79 Å². The predicted octanol–water partition coefficient (Wildman–Crippen LogP) is 2.21. The van der Waals surface area contributed by atoms with Crippen molar-refractivity contribution < 1.29 is 19.1 Å². The third-order valence-electron chi connectivity index (χ3n) is 5.16. The van der Waals surface area contributed by atoms with Crippen LogP contribution in [0.4, 0.5) is 4.79 Å². The Morgan fingerprint density at radius 1 is 1.19 bits per heavy atom. The van der Waals surface area contributed by atoms with Crippen LogP contribution in [0.1, 0.15) is 37.7 Å². The van der Waals surface area contributed by atoms with Crippen molar-refractivity contribution in [2.24, 2.45) is 0 Å². The number of aromatic nitrogens is 1. The van der Waals surface area contributed by atoms with Gasteiger partial charge in [-0.3, -0.25) is 14.7 Å². The van der Waals surface area contributed by atoms with E-state index in [4.69, 9.17) is 9.47 Å². The minimum Gasteiger partial charge on any atom is -0.453 e. The number of hydrogen-bond acceptors (Lipinski definition) is 5. The van der Waals surface area contributed by atoms with Crippen molar-refractivity contribution in [1.82, 2.24) is 14.8 Å². The number of carbonyl (C=O) groups excluding carboxylic acids is 2. The third-order valence-corrected chi connectivity index (χ3v) is 5.16. The summed E-state index contributed by atoms with van der Waals surface area (Å²) in [7, 11) is 1.36. The zero-order chi connectivity index (χ0) is 18.4.